The highest BCUT2D eigenvalue weighted by molar-refractivity contribution is 5.48. The SMILES string of the molecule is OC(CNc1cccc(OC(F)(F)F)c1)Cn1cccn1. The minimum Gasteiger partial charge on any atom is -0.406 e. The molecule has 0 aliphatic carbocycles. The van der Waals surface area contributed by atoms with Crippen LogP contribution in [0.3, 0.4) is 0 Å². The zero-order valence-corrected chi connectivity index (χ0v) is 10.9. The maximum atomic E-state index is 12.1. The fourth-order valence-corrected chi connectivity index (χ4v) is 1.73. The number of aliphatic hydroxyl groups excluding tert-OH is 1. The number of anilines is 1. The molecule has 0 aliphatic rings. The highest BCUT2D eigenvalue weighted by atomic mass is 19.4. The smallest absolute Gasteiger partial charge is 0.406 e. The topological polar surface area (TPSA) is 59.3 Å². The summed E-state index contributed by atoms with van der Waals surface area (Å²) in [5.41, 5.74) is 0.427. The molecule has 2 aromatic rings. The number of ether oxygens (including phenoxy) is 1. The summed E-state index contributed by atoms with van der Waals surface area (Å²) in [5, 5.41) is 16.6. The minimum absolute atomic E-state index is 0.176. The highest BCUT2D eigenvalue weighted by Crippen LogP contribution is 2.24. The number of aromatic nitrogens is 2. The maximum Gasteiger partial charge on any atom is 0.573 e. The van der Waals surface area contributed by atoms with E-state index in [0.29, 0.717) is 12.2 Å². The van der Waals surface area contributed by atoms with E-state index in [-0.39, 0.29) is 12.3 Å². The number of nitrogens with zero attached hydrogens (tertiary/aromatic N) is 2. The van der Waals surface area contributed by atoms with Crippen molar-refractivity contribution in [1.82, 2.24) is 9.78 Å². The van der Waals surface area contributed by atoms with Crippen LogP contribution >= 0.6 is 0 Å². The molecule has 1 aromatic heterocycles. The Balaban J connectivity index is 1.86. The first-order valence-electron chi connectivity index (χ1n) is 6.17. The molecule has 114 valence electrons. The van der Waals surface area contributed by atoms with E-state index < -0.39 is 12.5 Å². The van der Waals surface area contributed by atoms with Crippen molar-refractivity contribution >= 4 is 5.69 Å². The Morgan fingerprint density at radius 1 is 1.33 bits per heavy atom. The quantitative estimate of drug-likeness (QED) is 0.859. The van der Waals surface area contributed by atoms with Crippen LogP contribution in [-0.4, -0.2) is 33.9 Å². The lowest BCUT2D eigenvalue weighted by Gasteiger charge is -2.14. The van der Waals surface area contributed by atoms with Crippen molar-refractivity contribution in [3.63, 3.8) is 0 Å². The molecule has 1 aromatic carbocycles. The molecule has 1 atom stereocenters. The summed E-state index contributed by atoms with van der Waals surface area (Å²) in [7, 11) is 0. The van der Waals surface area contributed by atoms with Gasteiger partial charge in [0.05, 0.1) is 12.6 Å². The van der Waals surface area contributed by atoms with Crippen LogP contribution < -0.4 is 10.1 Å². The first-order valence-corrected chi connectivity index (χ1v) is 6.17. The van der Waals surface area contributed by atoms with Crippen LogP contribution in [0.5, 0.6) is 5.75 Å². The van der Waals surface area contributed by atoms with Gasteiger partial charge in [-0.25, -0.2) is 0 Å². The van der Waals surface area contributed by atoms with Crippen molar-refractivity contribution < 1.29 is 23.0 Å². The van der Waals surface area contributed by atoms with E-state index in [0.717, 1.165) is 0 Å². The van der Waals surface area contributed by atoms with Crippen molar-refractivity contribution in [2.24, 2.45) is 0 Å². The summed E-state index contributed by atoms with van der Waals surface area (Å²) in [6, 6.07) is 7.18. The predicted molar refractivity (Wildman–Crippen MR) is 69.8 cm³/mol. The van der Waals surface area contributed by atoms with E-state index in [2.05, 4.69) is 15.2 Å². The van der Waals surface area contributed by atoms with E-state index in [9.17, 15) is 18.3 Å². The zero-order chi connectivity index (χ0) is 15.3. The Morgan fingerprint density at radius 3 is 2.81 bits per heavy atom. The molecule has 1 heterocycles. The van der Waals surface area contributed by atoms with Crippen molar-refractivity contribution in [2.75, 3.05) is 11.9 Å². The predicted octanol–water partition coefficient (Wildman–Crippen LogP) is 2.25. The molecule has 0 fully saturated rings. The van der Waals surface area contributed by atoms with Crippen molar-refractivity contribution in [2.45, 2.75) is 19.0 Å². The van der Waals surface area contributed by atoms with Gasteiger partial charge in [0.15, 0.2) is 0 Å². The van der Waals surface area contributed by atoms with Crippen LogP contribution in [0.4, 0.5) is 18.9 Å². The molecule has 0 saturated carbocycles. The molecule has 2 N–H and O–H groups in total. The summed E-state index contributed by atoms with van der Waals surface area (Å²) in [6.45, 7) is 0.466. The Morgan fingerprint density at radius 2 is 2.14 bits per heavy atom. The molecular formula is C13H14F3N3O2. The Bertz CT molecular complexity index is 558. The lowest BCUT2D eigenvalue weighted by Crippen LogP contribution is -2.25. The van der Waals surface area contributed by atoms with Crippen molar-refractivity contribution in [3.8, 4) is 5.75 Å². The van der Waals surface area contributed by atoms with Crippen LogP contribution in [0.25, 0.3) is 0 Å². The average molecular weight is 301 g/mol. The lowest BCUT2D eigenvalue weighted by atomic mass is 10.3. The molecule has 2 rings (SSSR count). The number of hydrogen-bond donors (Lipinski definition) is 2. The van der Waals surface area contributed by atoms with Gasteiger partial charge in [0.2, 0.25) is 0 Å². The first kappa shape index (κ1) is 15.2. The lowest BCUT2D eigenvalue weighted by molar-refractivity contribution is -0.274. The second kappa shape index (κ2) is 6.49. The van der Waals surface area contributed by atoms with E-state index in [1.807, 2.05) is 0 Å². The van der Waals surface area contributed by atoms with Gasteiger partial charge in [-0.1, -0.05) is 6.07 Å². The van der Waals surface area contributed by atoms with Crippen LogP contribution in [0.1, 0.15) is 0 Å². The van der Waals surface area contributed by atoms with Crippen molar-refractivity contribution in [3.05, 3.63) is 42.7 Å². The van der Waals surface area contributed by atoms with Crippen LogP contribution in [0.15, 0.2) is 42.7 Å². The molecule has 21 heavy (non-hydrogen) atoms. The van der Waals surface area contributed by atoms with E-state index in [1.54, 1.807) is 29.2 Å². The number of rotatable bonds is 6. The molecule has 1 unspecified atom stereocenters. The third-order valence-corrected chi connectivity index (χ3v) is 2.57. The van der Waals surface area contributed by atoms with Gasteiger partial charge in [0.1, 0.15) is 5.75 Å². The van der Waals surface area contributed by atoms with Gasteiger partial charge >= 0.3 is 6.36 Å². The molecule has 0 aliphatic heterocycles. The summed E-state index contributed by atoms with van der Waals surface area (Å²) < 4.78 is 41.7. The summed E-state index contributed by atoms with van der Waals surface area (Å²) in [5.74, 6) is -0.311. The van der Waals surface area contributed by atoms with Crippen molar-refractivity contribution in [1.29, 1.82) is 0 Å². The van der Waals surface area contributed by atoms with Gasteiger partial charge in [-0.2, -0.15) is 5.10 Å². The van der Waals surface area contributed by atoms with E-state index >= 15 is 0 Å². The van der Waals surface area contributed by atoms with E-state index in [4.69, 9.17) is 0 Å². The molecule has 8 heteroatoms. The maximum absolute atomic E-state index is 12.1. The highest BCUT2D eigenvalue weighted by Gasteiger charge is 2.31. The Labute approximate surface area is 119 Å². The summed E-state index contributed by atoms with van der Waals surface area (Å²) >= 11 is 0. The number of halogens is 3. The average Bonchev–Trinajstić information content (AvgIpc) is 2.87. The molecule has 0 amide bonds. The van der Waals surface area contributed by atoms with Gasteiger partial charge in [-0.3, -0.25) is 4.68 Å². The first-order chi connectivity index (χ1) is 9.92. The molecule has 0 spiro atoms. The van der Waals surface area contributed by atoms with Gasteiger partial charge in [-0.05, 0) is 18.2 Å². The zero-order valence-electron chi connectivity index (χ0n) is 10.9. The number of aliphatic hydroxyl groups is 1. The fourth-order valence-electron chi connectivity index (χ4n) is 1.73. The molecule has 0 radical (unpaired) electrons. The summed E-state index contributed by atoms with van der Waals surface area (Å²) in [4.78, 5) is 0. The Hall–Kier alpha value is -2.22. The second-order valence-electron chi connectivity index (χ2n) is 4.34. The second-order valence-corrected chi connectivity index (χ2v) is 4.34. The third kappa shape index (κ3) is 5.35. The molecule has 0 bridgehead atoms. The molecule has 5 nitrogen and oxygen atoms in total. The van der Waals surface area contributed by atoms with Gasteiger partial charge in [0, 0.05) is 30.7 Å². The normalized spacial score (nSPS) is 13.0. The van der Waals surface area contributed by atoms with Gasteiger partial charge in [-0.15, -0.1) is 13.2 Å². The van der Waals surface area contributed by atoms with Gasteiger partial charge < -0.3 is 15.2 Å². The molecule has 0 saturated heterocycles. The van der Waals surface area contributed by atoms with Gasteiger partial charge in [0.25, 0.3) is 0 Å². The van der Waals surface area contributed by atoms with Crippen LogP contribution in [-0.2, 0) is 6.54 Å². The monoisotopic (exact) mass is 301 g/mol. The van der Waals surface area contributed by atoms with E-state index in [1.165, 1.54) is 18.2 Å². The molecular weight excluding hydrogens is 287 g/mol. The largest absolute Gasteiger partial charge is 0.573 e. The van der Waals surface area contributed by atoms with Crippen LogP contribution in [0, 0.1) is 0 Å². The number of benzene rings is 1. The number of hydrogen-bond acceptors (Lipinski definition) is 4. The fraction of sp³-hybridized carbons (Fsp3) is 0.308. The minimum atomic E-state index is -4.72. The third-order valence-electron chi connectivity index (χ3n) is 2.57. The Kier molecular flexibility index (Phi) is 4.69. The number of nitrogens with one attached hydrogen (secondary N) is 1. The number of alkyl halides is 3. The van der Waals surface area contributed by atoms with Crippen LogP contribution in [0.2, 0.25) is 0 Å². The summed E-state index contributed by atoms with van der Waals surface area (Å²) in [6.07, 6.45) is -2.14. The standard InChI is InChI=1S/C13H14F3N3O2/c14-13(15,16)21-12-4-1-3-10(7-12)17-8-11(20)9-19-6-2-5-18-19/h1-7,11,17,20H,8-9H2.